The molecular formula is C17H32. The van der Waals surface area contributed by atoms with Gasteiger partial charge in [0.05, 0.1) is 0 Å². The molecule has 0 nitrogen and oxygen atoms in total. The van der Waals surface area contributed by atoms with Gasteiger partial charge in [0.1, 0.15) is 0 Å². The average molecular weight is 236 g/mol. The van der Waals surface area contributed by atoms with Crippen LogP contribution in [0.15, 0.2) is 11.6 Å². The highest BCUT2D eigenvalue weighted by Crippen LogP contribution is 2.54. The van der Waals surface area contributed by atoms with E-state index in [1.54, 1.807) is 5.57 Å². The first-order valence-corrected chi connectivity index (χ1v) is 7.66. The van der Waals surface area contributed by atoms with Crippen LogP contribution in [0.25, 0.3) is 0 Å². The number of rotatable bonds is 0. The Morgan fingerprint density at radius 3 is 2.29 bits per heavy atom. The summed E-state index contributed by atoms with van der Waals surface area (Å²) in [4.78, 5) is 0. The highest BCUT2D eigenvalue weighted by Gasteiger charge is 2.44. The van der Waals surface area contributed by atoms with Crippen LogP contribution in [-0.4, -0.2) is 0 Å². The maximum absolute atomic E-state index is 2.60. The summed E-state index contributed by atoms with van der Waals surface area (Å²) in [5.41, 5.74) is 2.30. The summed E-state index contributed by atoms with van der Waals surface area (Å²) >= 11 is 0. The van der Waals surface area contributed by atoms with E-state index in [9.17, 15) is 0 Å². The van der Waals surface area contributed by atoms with E-state index in [4.69, 9.17) is 0 Å². The fraction of sp³-hybridized carbons (Fsp3) is 0.882. The molecular weight excluding hydrogens is 204 g/mol. The van der Waals surface area contributed by atoms with E-state index in [0.717, 1.165) is 23.7 Å². The Labute approximate surface area is 109 Å². The van der Waals surface area contributed by atoms with Gasteiger partial charge in [0.25, 0.3) is 0 Å². The molecule has 0 aromatic heterocycles. The first kappa shape index (κ1) is 14.8. The minimum absolute atomic E-state index is 0.526. The van der Waals surface area contributed by atoms with E-state index in [1.807, 2.05) is 13.8 Å². The number of fused-ring (bicyclic) bond motifs is 1. The Balaban J connectivity index is 0.000000686. The lowest BCUT2D eigenvalue weighted by atomic mass is 9.55. The van der Waals surface area contributed by atoms with E-state index in [0.29, 0.717) is 5.41 Å². The van der Waals surface area contributed by atoms with Gasteiger partial charge in [-0.05, 0) is 48.3 Å². The van der Waals surface area contributed by atoms with E-state index >= 15 is 0 Å². The molecule has 0 heterocycles. The van der Waals surface area contributed by atoms with Crippen molar-refractivity contribution in [1.29, 1.82) is 0 Å². The monoisotopic (exact) mass is 236 g/mol. The van der Waals surface area contributed by atoms with Crippen molar-refractivity contribution < 1.29 is 0 Å². The number of hydrogen-bond acceptors (Lipinski definition) is 0. The van der Waals surface area contributed by atoms with Crippen molar-refractivity contribution in [3.8, 4) is 0 Å². The van der Waals surface area contributed by atoms with Crippen LogP contribution in [-0.2, 0) is 0 Å². The molecule has 0 aliphatic heterocycles. The van der Waals surface area contributed by atoms with Gasteiger partial charge in [-0.3, -0.25) is 0 Å². The Bertz CT molecular complexity index is 276. The minimum Gasteiger partial charge on any atom is -0.0816 e. The van der Waals surface area contributed by atoms with E-state index in [2.05, 4.69) is 40.7 Å². The maximum Gasteiger partial charge on any atom is -0.00877 e. The molecule has 1 fully saturated rings. The second-order valence-corrected chi connectivity index (χ2v) is 6.46. The third-order valence-corrected chi connectivity index (χ3v) is 5.55. The van der Waals surface area contributed by atoms with Crippen molar-refractivity contribution in [3.63, 3.8) is 0 Å². The SMILES string of the molecule is CC.CC1CCC2(C)C(=CC(C)C(C)C2C)C1. The minimum atomic E-state index is 0.526. The Hall–Kier alpha value is -0.260. The van der Waals surface area contributed by atoms with Gasteiger partial charge in [-0.25, -0.2) is 0 Å². The van der Waals surface area contributed by atoms with Crippen LogP contribution in [0.2, 0.25) is 0 Å². The van der Waals surface area contributed by atoms with Gasteiger partial charge < -0.3 is 0 Å². The summed E-state index contributed by atoms with van der Waals surface area (Å²) in [6, 6.07) is 0. The molecule has 0 N–H and O–H groups in total. The van der Waals surface area contributed by atoms with E-state index < -0.39 is 0 Å². The second-order valence-electron chi connectivity index (χ2n) is 6.46. The zero-order valence-electron chi connectivity index (χ0n) is 13.0. The normalized spacial score (nSPS) is 45.2. The molecule has 2 aliphatic carbocycles. The van der Waals surface area contributed by atoms with Crippen LogP contribution in [0, 0.1) is 29.1 Å². The molecule has 5 unspecified atom stereocenters. The smallest absolute Gasteiger partial charge is 0.00877 e. The van der Waals surface area contributed by atoms with Crippen molar-refractivity contribution >= 4 is 0 Å². The number of allylic oxidation sites excluding steroid dienone is 2. The van der Waals surface area contributed by atoms with E-state index in [-0.39, 0.29) is 0 Å². The second kappa shape index (κ2) is 5.59. The molecule has 0 spiro atoms. The first-order valence-electron chi connectivity index (χ1n) is 7.66. The van der Waals surface area contributed by atoms with Crippen molar-refractivity contribution in [2.45, 2.75) is 67.7 Å². The summed E-state index contributed by atoms with van der Waals surface area (Å²) in [7, 11) is 0. The highest BCUT2D eigenvalue weighted by atomic mass is 14.5. The summed E-state index contributed by atoms with van der Waals surface area (Å²) in [6.45, 7) is 16.2. The third-order valence-electron chi connectivity index (χ3n) is 5.55. The predicted octanol–water partition coefficient (Wildman–Crippen LogP) is 5.69. The molecule has 17 heavy (non-hydrogen) atoms. The molecule has 0 radical (unpaired) electrons. The summed E-state index contributed by atoms with van der Waals surface area (Å²) in [5, 5.41) is 0. The molecule has 2 aliphatic rings. The zero-order valence-corrected chi connectivity index (χ0v) is 13.0. The maximum atomic E-state index is 2.60. The lowest BCUT2D eigenvalue weighted by Gasteiger charge is -2.50. The van der Waals surface area contributed by atoms with Gasteiger partial charge in [-0.15, -0.1) is 0 Å². The number of hydrogen-bond donors (Lipinski definition) is 0. The molecule has 0 amide bonds. The summed E-state index contributed by atoms with van der Waals surface area (Å²) in [6.07, 6.45) is 6.80. The molecule has 0 heteroatoms. The van der Waals surface area contributed by atoms with Crippen molar-refractivity contribution in [2.24, 2.45) is 29.1 Å². The van der Waals surface area contributed by atoms with Gasteiger partial charge in [-0.1, -0.05) is 60.1 Å². The van der Waals surface area contributed by atoms with Crippen LogP contribution < -0.4 is 0 Å². The lowest BCUT2D eigenvalue weighted by Crippen LogP contribution is -2.41. The van der Waals surface area contributed by atoms with Crippen LogP contribution in [0.4, 0.5) is 0 Å². The lowest BCUT2D eigenvalue weighted by molar-refractivity contribution is 0.0955. The van der Waals surface area contributed by atoms with Crippen molar-refractivity contribution in [3.05, 3.63) is 11.6 Å². The summed E-state index contributed by atoms with van der Waals surface area (Å²) < 4.78 is 0. The standard InChI is InChI=1S/C15H26.C2H6/c1-10-6-7-15(5)13(4)12(3)11(2)9-14(15)8-10;1-2/h9-13H,6-8H2,1-5H3;1-2H3. The molecule has 5 atom stereocenters. The zero-order chi connectivity index (χ0) is 13.2. The molecule has 100 valence electrons. The Morgan fingerprint density at radius 1 is 1.12 bits per heavy atom. The third kappa shape index (κ3) is 2.61. The molecule has 0 aromatic rings. The largest absolute Gasteiger partial charge is 0.0816 e. The first-order chi connectivity index (χ1) is 7.95. The van der Waals surface area contributed by atoms with Crippen LogP contribution in [0.3, 0.4) is 0 Å². The molecule has 0 aromatic carbocycles. The van der Waals surface area contributed by atoms with Crippen LogP contribution in [0.5, 0.6) is 0 Å². The van der Waals surface area contributed by atoms with Crippen molar-refractivity contribution in [2.75, 3.05) is 0 Å². The summed E-state index contributed by atoms with van der Waals surface area (Å²) in [5.74, 6) is 3.41. The van der Waals surface area contributed by atoms with Gasteiger partial charge in [0, 0.05) is 0 Å². The van der Waals surface area contributed by atoms with Crippen LogP contribution in [0.1, 0.15) is 67.7 Å². The predicted molar refractivity (Wildman–Crippen MR) is 78.0 cm³/mol. The highest BCUT2D eigenvalue weighted by molar-refractivity contribution is 5.23. The quantitative estimate of drug-likeness (QED) is 0.474. The Morgan fingerprint density at radius 2 is 1.71 bits per heavy atom. The van der Waals surface area contributed by atoms with Gasteiger partial charge in [-0.2, -0.15) is 0 Å². The van der Waals surface area contributed by atoms with Gasteiger partial charge in [0.2, 0.25) is 0 Å². The fourth-order valence-electron chi connectivity index (χ4n) is 3.70. The topological polar surface area (TPSA) is 0 Å². The van der Waals surface area contributed by atoms with Gasteiger partial charge >= 0.3 is 0 Å². The molecule has 1 saturated carbocycles. The van der Waals surface area contributed by atoms with Crippen LogP contribution >= 0.6 is 0 Å². The van der Waals surface area contributed by atoms with Gasteiger partial charge in [0.15, 0.2) is 0 Å². The molecule has 0 saturated heterocycles. The van der Waals surface area contributed by atoms with E-state index in [1.165, 1.54) is 19.3 Å². The Kier molecular flexibility index (Phi) is 4.86. The molecule has 0 bridgehead atoms. The van der Waals surface area contributed by atoms with Crippen molar-refractivity contribution in [1.82, 2.24) is 0 Å². The molecule has 2 rings (SSSR count). The fourth-order valence-corrected chi connectivity index (χ4v) is 3.70. The average Bonchev–Trinajstić information content (AvgIpc) is 2.33.